The molecule has 0 spiro atoms. The van der Waals surface area contributed by atoms with Crippen LogP contribution in [0, 0.1) is 5.92 Å². The van der Waals surface area contributed by atoms with E-state index in [1.807, 2.05) is 6.92 Å². The lowest BCUT2D eigenvalue weighted by Crippen LogP contribution is -2.49. The van der Waals surface area contributed by atoms with Gasteiger partial charge in [-0.25, -0.2) is 23.2 Å². The number of rotatable bonds is 10. The summed E-state index contributed by atoms with van der Waals surface area (Å²) in [6, 6.07) is 0. The molecule has 1 aliphatic carbocycles. The number of amides is 1. The smallest absolute Gasteiger partial charge is 0.410 e. The normalized spacial score (nSPS) is 23.0. The minimum Gasteiger partial charge on any atom is -0.476 e. The SMILES string of the molecule is CC1(OC(=O)N2CCC(COc3cnc(N4CCN(S(=O)(=O)CCCN5CCCC5)CC4)cn3)CC2)CC1. The second kappa shape index (κ2) is 11.9. The second-order valence-corrected chi connectivity index (χ2v) is 13.5. The zero-order valence-electron chi connectivity index (χ0n) is 22.6. The lowest BCUT2D eigenvalue weighted by atomic mass is 9.98. The number of aromatic nitrogens is 2. The van der Waals surface area contributed by atoms with Gasteiger partial charge in [-0.05, 0) is 77.4 Å². The molecule has 1 amide bonds. The molecule has 3 saturated heterocycles. The van der Waals surface area contributed by atoms with E-state index >= 15 is 0 Å². The molecule has 11 nitrogen and oxygen atoms in total. The van der Waals surface area contributed by atoms with Gasteiger partial charge in [-0.2, -0.15) is 4.31 Å². The van der Waals surface area contributed by atoms with Gasteiger partial charge >= 0.3 is 6.09 Å². The Morgan fingerprint density at radius 1 is 1.00 bits per heavy atom. The van der Waals surface area contributed by atoms with E-state index in [0.29, 0.717) is 64.1 Å². The van der Waals surface area contributed by atoms with Crippen LogP contribution in [0.5, 0.6) is 5.88 Å². The Labute approximate surface area is 226 Å². The molecule has 4 aliphatic rings. The van der Waals surface area contributed by atoms with Crippen molar-refractivity contribution >= 4 is 21.9 Å². The Balaban J connectivity index is 0.998. The van der Waals surface area contributed by atoms with Crippen molar-refractivity contribution in [2.45, 2.75) is 57.5 Å². The third kappa shape index (κ3) is 7.26. The van der Waals surface area contributed by atoms with Crippen LogP contribution in [0.15, 0.2) is 12.4 Å². The fraction of sp³-hybridized carbons (Fsp3) is 0.808. The molecule has 0 radical (unpaired) electrons. The number of sulfonamides is 1. The number of hydrogen-bond acceptors (Lipinski definition) is 9. The van der Waals surface area contributed by atoms with E-state index in [-0.39, 0.29) is 17.4 Å². The highest BCUT2D eigenvalue weighted by atomic mass is 32.2. The Bertz CT molecular complexity index is 1030. The Morgan fingerprint density at radius 3 is 2.34 bits per heavy atom. The van der Waals surface area contributed by atoms with Crippen molar-refractivity contribution < 1.29 is 22.7 Å². The highest BCUT2D eigenvalue weighted by Crippen LogP contribution is 2.39. The summed E-state index contributed by atoms with van der Waals surface area (Å²) in [7, 11) is -3.22. The number of ether oxygens (including phenoxy) is 2. The molecule has 12 heteroatoms. The van der Waals surface area contributed by atoms with Gasteiger partial charge in [0.25, 0.3) is 0 Å². The summed E-state index contributed by atoms with van der Waals surface area (Å²) >= 11 is 0. The molecule has 1 aromatic heterocycles. The quantitative estimate of drug-likeness (QED) is 0.433. The minimum atomic E-state index is -3.22. The fourth-order valence-corrected chi connectivity index (χ4v) is 6.86. The summed E-state index contributed by atoms with van der Waals surface area (Å²) in [5, 5.41) is 0. The van der Waals surface area contributed by atoms with Crippen molar-refractivity contribution in [1.82, 2.24) is 24.1 Å². The van der Waals surface area contributed by atoms with Crippen molar-refractivity contribution in [3.8, 4) is 5.88 Å². The number of piperazine rings is 1. The summed E-state index contributed by atoms with van der Waals surface area (Å²) in [4.78, 5) is 27.4. The van der Waals surface area contributed by atoms with E-state index in [2.05, 4.69) is 19.8 Å². The number of piperidine rings is 1. The van der Waals surface area contributed by atoms with Crippen molar-refractivity contribution in [1.29, 1.82) is 0 Å². The van der Waals surface area contributed by atoms with E-state index in [0.717, 1.165) is 51.1 Å². The molecule has 5 rings (SSSR count). The van der Waals surface area contributed by atoms with E-state index in [1.54, 1.807) is 21.6 Å². The molecule has 3 aliphatic heterocycles. The molecule has 38 heavy (non-hydrogen) atoms. The maximum Gasteiger partial charge on any atom is 0.410 e. The molecular weight excluding hydrogens is 508 g/mol. The number of carbonyl (C=O) groups excluding carboxylic acids is 1. The summed E-state index contributed by atoms with van der Waals surface area (Å²) < 4.78 is 38.6. The number of carbonyl (C=O) groups is 1. The largest absolute Gasteiger partial charge is 0.476 e. The van der Waals surface area contributed by atoms with Crippen LogP contribution in [0.25, 0.3) is 0 Å². The van der Waals surface area contributed by atoms with Crippen molar-refractivity contribution in [3.63, 3.8) is 0 Å². The maximum atomic E-state index is 12.8. The molecule has 0 aromatic carbocycles. The summed E-state index contributed by atoms with van der Waals surface area (Å²) in [5.74, 6) is 1.80. The maximum absolute atomic E-state index is 12.8. The number of nitrogens with zero attached hydrogens (tertiary/aromatic N) is 6. The number of anilines is 1. The van der Waals surface area contributed by atoms with Crippen molar-refractivity contribution in [2.24, 2.45) is 5.92 Å². The predicted octanol–water partition coefficient (Wildman–Crippen LogP) is 2.19. The van der Waals surface area contributed by atoms with E-state index < -0.39 is 10.0 Å². The average molecular weight is 551 g/mol. The van der Waals surface area contributed by atoms with Gasteiger partial charge in [0.2, 0.25) is 15.9 Å². The first-order valence-corrected chi connectivity index (χ1v) is 15.8. The van der Waals surface area contributed by atoms with Crippen molar-refractivity contribution in [3.05, 3.63) is 12.4 Å². The second-order valence-electron chi connectivity index (χ2n) is 11.4. The minimum absolute atomic E-state index is 0.193. The molecule has 1 saturated carbocycles. The molecule has 4 fully saturated rings. The first-order valence-electron chi connectivity index (χ1n) is 14.2. The van der Waals surface area contributed by atoms with E-state index in [1.165, 1.54) is 12.8 Å². The topological polar surface area (TPSA) is 108 Å². The number of likely N-dealkylation sites (tertiary alicyclic amines) is 2. The van der Waals surface area contributed by atoms with Crippen LogP contribution >= 0.6 is 0 Å². The molecule has 0 atom stereocenters. The fourth-order valence-electron chi connectivity index (χ4n) is 5.39. The van der Waals surface area contributed by atoms with Gasteiger partial charge in [0, 0.05) is 39.3 Å². The molecular formula is C26H42N6O5S. The molecule has 0 N–H and O–H groups in total. The first kappa shape index (κ1) is 27.4. The molecule has 0 unspecified atom stereocenters. The van der Waals surface area contributed by atoms with Crippen LogP contribution in [0.4, 0.5) is 10.6 Å². The summed E-state index contributed by atoms with van der Waals surface area (Å²) in [5.41, 5.74) is -0.236. The van der Waals surface area contributed by atoms with E-state index in [9.17, 15) is 13.2 Å². The van der Waals surface area contributed by atoms with Gasteiger partial charge < -0.3 is 24.2 Å². The zero-order valence-corrected chi connectivity index (χ0v) is 23.4. The van der Waals surface area contributed by atoms with Gasteiger partial charge in [-0.1, -0.05) is 0 Å². The Kier molecular flexibility index (Phi) is 8.59. The summed E-state index contributed by atoms with van der Waals surface area (Å²) in [6.45, 7) is 9.11. The van der Waals surface area contributed by atoms with Gasteiger partial charge in [0.15, 0.2) is 0 Å². The van der Waals surface area contributed by atoms with Gasteiger partial charge in [-0.3, -0.25) is 0 Å². The molecule has 4 heterocycles. The van der Waals surface area contributed by atoms with Gasteiger partial charge in [-0.15, -0.1) is 0 Å². The Hall–Kier alpha value is -2.18. The highest BCUT2D eigenvalue weighted by molar-refractivity contribution is 7.89. The third-order valence-corrected chi connectivity index (χ3v) is 10.2. The van der Waals surface area contributed by atoms with Gasteiger partial charge in [0.05, 0.1) is 24.8 Å². The summed E-state index contributed by atoms with van der Waals surface area (Å²) in [6.07, 6.45) is 9.96. The molecule has 1 aromatic rings. The molecule has 0 bridgehead atoms. The Morgan fingerprint density at radius 2 is 1.71 bits per heavy atom. The van der Waals surface area contributed by atoms with Crippen LogP contribution in [0.3, 0.4) is 0 Å². The predicted molar refractivity (Wildman–Crippen MR) is 144 cm³/mol. The monoisotopic (exact) mass is 550 g/mol. The van der Waals surface area contributed by atoms with Crippen molar-refractivity contribution in [2.75, 3.05) is 76.2 Å². The standard InChI is InChI=1S/C26H42N6O5S/c1-26(7-8-26)37-25(33)31-12-5-22(6-13-31)21-36-24-20-27-23(19-28-24)30-14-16-32(17-15-30)38(34,35)18-4-11-29-9-2-3-10-29/h19-20,22H,2-18,21H2,1H3. The van der Waals surface area contributed by atoms with Crippen LogP contribution in [0.1, 0.15) is 51.9 Å². The first-order chi connectivity index (χ1) is 18.3. The van der Waals surface area contributed by atoms with Gasteiger partial charge in [0.1, 0.15) is 11.4 Å². The third-order valence-electron chi connectivity index (χ3n) is 8.27. The lowest BCUT2D eigenvalue weighted by Gasteiger charge is -2.34. The molecule has 212 valence electrons. The van der Waals surface area contributed by atoms with Crippen LogP contribution in [0.2, 0.25) is 0 Å². The zero-order chi connectivity index (χ0) is 26.6. The lowest BCUT2D eigenvalue weighted by molar-refractivity contribution is 0.0454. The average Bonchev–Trinajstić information content (AvgIpc) is 3.41. The number of hydrogen-bond donors (Lipinski definition) is 0. The van der Waals surface area contributed by atoms with Crippen LogP contribution in [-0.4, -0.2) is 115 Å². The van der Waals surface area contributed by atoms with E-state index in [4.69, 9.17) is 9.47 Å². The van der Waals surface area contributed by atoms with Crippen LogP contribution < -0.4 is 9.64 Å². The highest BCUT2D eigenvalue weighted by Gasteiger charge is 2.43. The van der Waals surface area contributed by atoms with Crippen LogP contribution in [-0.2, 0) is 14.8 Å².